The molecule has 5 heteroatoms. The van der Waals surface area contributed by atoms with Gasteiger partial charge in [-0.2, -0.15) is 0 Å². The van der Waals surface area contributed by atoms with E-state index < -0.39 is 0 Å². The van der Waals surface area contributed by atoms with Crippen LogP contribution >= 0.6 is 0 Å². The highest BCUT2D eigenvalue weighted by Crippen LogP contribution is 2.22. The molecular weight excluding hydrogens is 258 g/mol. The zero-order valence-corrected chi connectivity index (χ0v) is 11.7. The van der Waals surface area contributed by atoms with E-state index in [1.807, 2.05) is 24.3 Å². The van der Waals surface area contributed by atoms with Gasteiger partial charge < -0.3 is 19.5 Å². The molecule has 0 aromatic heterocycles. The Hall–Kier alpha value is -1.59. The highest BCUT2D eigenvalue weighted by molar-refractivity contribution is 5.79. The first kappa shape index (κ1) is 14.8. The Balaban J connectivity index is 2.10. The first-order chi connectivity index (χ1) is 9.76. The molecule has 1 aliphatic heterocycles. The summed E-state index contributed by atoms with van der Waals surface area (Å²) in [7, 11) is 1.61. The third-order valence-electron chi connectivity index (χ3n) is 3.51. The topological polar surface area (TPSA) is 59.0 Å². The fraction of sp³-hybridized carbons (Fsp3) is 0.533. The molecule has 1 fully saturated rings. The second-order valence-corrected chi connectivity index (χ2v) is 4.86. The third-order valence-corrected chi connectivity index (χ3v) is 3.51. The largest absolute Gasteiger partial charge is 0.496 e. The van der Waals surface area contributed by atoms with E-state index in [4.69, 9.17) is 9.47 Å². The lowest BCUT2D eigenvalue weighted by Gasteiger charge is -2.25. The van der Waals surface area contributed by atoms with Gasteiger partial charge in [0.05, 0.1) is 26.2 Å². The van der Waals surface area contributed by atoms with Gasteiger partial charge in [0.1, 0.15) is 5.75 Å². The summed E-state index contributed by atoms with van der Waals surface area (Å²) in [5, 5.41) is 9.18. The number of rotatable bonds is 6. The molecule has 1 aliphatic rings. The highest BCUT2D eigenvalue weighted by Gasteiger charge is 2.28. The van der Waals surface area contributed by atoms with Gasteiger partial charge in [-0.15, -0.1) is 0 Å². The number of para-hydroxylation sites is 1. The predicted octanol–water partition coefficient (Wildman–Crippen LogP) is 1.05. The summed E-state index contributed by atoms with van der Waals surface area (Å²) in [6.45, 7) is 1.84. The molecule has 110 valence electrons. The number of amides is 1. The van der Waals surface area contributed by atoms with Gasteiger partial charge in [-0.3, -0.25) is 4.79 Å². The Morgan fingerprint density at radius 2 is 2.30 bits per heavy atom. The molecule has 0 radical (unpaired) electrons. The summed E-state index contributed by atoms with van der Waals surface area (Å²) in [5.74, 6) is 0.713. The fourth-order valence-corrected chi connectivity index (χ4v) is 2.41. The van der Waals surface area contributed by atoms with E-state index >= 15 is 0 Å². The number of aliphatic hydroxyl groups is 1. The van der Waals surface area contributed by atoms with E-state index in [1.165, 1.54) is 0 Å². The molecule has 1 amide bonds. The van der Waals surface area contributed by atoms with Gasteiger partial charge in [0.15, 0.2) is 0 Å². The molecule has 1 saturated heterocycles. The molecule has 20 heavy (non-hydrogen) atoms. The van der Waals surface area contributed by atoms with E-state index in [9.17, 15) is 9.90 Å². The van der Waals surface area contributed by atoms with Crippen molar-refractivity contribution in [1.29, 1.82) is 0 Å². The van der Waals surface area contributed by atoms with Crippen molar-refractivity contribution < 1.29 is 19.4 Å². The van der Waals surface area contributed by atoms with Crippen molar-refractivity contribution in [3.8, 4) is 5.75 Å². The minimum absolute atomic E-state index is 0.0439. The monoisotopic (exact) mass is 279 g/mol. The second-order valence-electron chi connectivity index (χ2n) is 4.86. The van der Waals surface area contributed by atoms with E-state index in [0.717, 1.165) is 17.7 Å². The van der Waals surface area contributed by atoms with Crippen molar-refractivity contribution in [2.24, 2.45) is 5.92 Å². The van der Waals surface area contributed by atoms with Crippen molar-refractivity contribution in [3.05, 3.63) is 29.8 Å². The maximum absolute atomic E-state index is 12.4. The molecule has 1 aromatic carbocycles. The quantitative estimate of drug-likeness (QED) is 0.845. The molecule has 0 aliphatic carbocycles. The van der Waals surface area contributed by atoms with Crippen LogP contribution in [-0.4, -0.2) is 49.4 Å². The van der Waals surface area contributed by atoms with Crippen LogP contribution in [0.15, 0.2) is 24.3 Å². The van der Waals surface area contributed by atoms with Gasteiger partial charge in [-0.25, -0.2) is 0 Å². The van der Waals surface area contributed by atoms with Crippen LogP contribution in [0.5, 0.6) is 5.75 Å². The molecule has 1 heterocycles. The normalized spacial score (nSPS) is 18.0. The van der Waals surface area contributed by atoms with E-state index in [0.29, 0.717) is 26.3 Å². The summed E-state index contributed by atoms with van der Waals surface area (Å²) in [6.07, 6.45) is 0.757. The lowest BCUT2D eigenvalue weighted by Crippen LogP contribution is -2.38. The summed E-state index contributed by atoms with van der Waals surface area (Å²) < 4.78 is 10.6. The maximum atomic E-state index is 12.4. The van der Waals surface area contributed by atoms with Crippen LogP contribution in [0, 0.1) is 5.92 Å². The van der Waals surface area contributed by atoms with Crippen LogP contribution in [0.1, 0.15) is 12.0 Å². The molecule has 2 rings (SSSR count). The van der Waals surface area contributed by atoms with Gasteiger partial charge >= 0.3 is 0 Å². The molecule has 1 atom stereocenters. The lowest BCUT2D eigenvalue weighted by atomic mass is 10.1. The predicted molar refractivity (Wildman–Crippen MR) is 74.4 cm³/mol. The van der Waals surface area contributed by atoms with Crippen molar-refractivity contribution >= 4 is 5.91 Å². The summed E-state index contributed by atoms with van der Waals surface area (Å²) in [4.78, 5) is 14.1. The van der Waals surface area contributed by atoms with Crippen LogP contribution in [0.4, 0.5) is 0 Å². The number of ether oxygens (including phenoxy) is 2. The Bertz CT molecular complexity index is 443. The highest BCUT2D eigenvalue weighted by atomic mass is 16.5. The van der Waals surface area contributed by atoms with E-state index in [-0.39, 0.29) is 18.4 Å². The summed E-state index contributed by atoms with van der Waals surface area (Å²) in [6, 6.07) is 7.61. The van der Waals surface area contributed by atoms with Crippen molar-refractivity contribution in [3.63, 3.8) is 0 Å². The summed E-state index contributed by atoms with van der Waals surface area (Å²) in [5.41, 5.74) is 0.940. The minimum atomic E-state index is -0.0868. The first-order valence-electron chi connectivity index (χ1n) is 6.85. The number of carbonyl (C=O) groups is 1. The van der Waals surface area contributed by atoms with Crippen molar-refractivity contribution in [1.82, 2.24) is 4.90 Å². The molecule has 5 nitrogen and oxygen atoms in total. The molecule has 1 aromatic rings. The number of benzene rings is 1. The van der Waals surface area contributed by atoms with Gasteiger partial charge in [0.2, 0.25) is 5.91 Å². The van der Waals surface area contributed by atoms with Gasteiger partial charge in [0, 0.05) is 25.3 Å². The lowest BCUT2D eigenvalue weighted by molar-refractivity contribution is -0.136. The number of hydrogen-bond donors (Lipinski definition) is 1. The standard InChI is InChI=1S/C15H21NO4/c1-19-14-5-3-2-4-12(14)10-16(7-8-17)15(18)13-6-9-20-11-13/h2-5,13,17H,6-11H2,1H3/t13-/m0/s1. The molecule has 1 N–H and O–H groups in total. The van der Waals surface area contributed by atoms with Crippen molar-refractivity contribution in [2.45, 2.75) is 13.0 Å². The number of methoxy groups -OCH3 is 1. The average Bonchev–Trinajstić information content (AvgIpc) is 3.01. The van der Waals surface area contributed by atoms with Crippen LogP contribution in [-0.2, 0) is 16.1 Å². The molecule has 0 unspecified atom stereocenters. The van der Waals surface area contributed by atoms with E-state index in [2.05, 4.69) is 0 Å². The van der Waals surface area contributed by atoms with E-state index in [1.54, 1.807) is 12.0 Å². The zero-order valence-electron chi connectivity index (χ0n) is 11.7. The average molecular weight is 279 g/mol. The van der Waals surface area contributed by atoms with Crippen LogP contribution in [0.2, 0.25) is 0 Å². The van der Waals surface area contributed by atoms with Crippen molar-refractivity contribution in [2.75, 3.05) is 33.5 Å². The third kappa shape index (κ3) is 3.49. The van der Waals surface area contributed by atoms with Crippen LogP contribution in [0.25, 0.3) is 0 Å². The Morgan fingerprint density at radius 3 is 2.95 bits per heavy atom. The first-order valence-corrected chi connectivity index (χ1v) is 6.85. The Labute approximate surface area is 119 Å². The SMILES string of the molecule is COc1ccccc1CN(CCO)C(=O)[C@H]1CCOC1. The van der Waals surface area contributed by atoms with Gasteiger partial charge in [0.25, 0.3) is 0 Å². The molecular formula is C15H21NO4. The van der Waals surface area contributed by atoms with Gasteiger partial charge in [-0.1, -0.05) is 18.2 Å². The Kier molecular flexibility index (Phi) is 5.38. The number of nitrogens with zero attached hydrogens (tertiary/aromatic N) is 1. The molecule has 0 saturated carbocycles. The molecule has 0 spiro atoms. The number of carbonyl (C=O) groups excluding carboxylic acids is 1. The number of aliphatic hydroxyl groups excluding tert-OH is 1. The fourth-order valence-electron chi connectivity index (χ4n) is 2.41. The maximum Gasteiger partial charge on any atom is 0.228 e. The molecule has 0 bridgehead atoms. The minimum Gasteiger partial charge on any atom is -0.496 e. The number of hydrogen-bond acceptors (Lipinski definition) is 4. The summed E-state index contributed by atoms with van der Waals surface area (Å²) >= 11 is 0. The second kappa shape index (κ2) is 7.26. The smallest absolute Gasteiger partial charge is 0.228 e. The Morgan fingerprint density at radius 1 is 1.50 bits per heavy atom. The zero-order chi connectivity index (χ0) is 14.4. The van der Waals surface area contributed by atoms with Crippen LogP contribution < -0.4 is 4.74 Å². The van der Waals surface area contributed by atoms with Gasteiger partial charge in [-0.05, 0) is 12.5 Å². The van der Waals surface area contributed by atoms with Crippen LogP contribution in [0.3, 0.4) is 0 Å².